The van der Waals surface area contributed by atoms with Gasteiger partial charge in [0.25, 0.3) is 0 Å². The molecule has 0 unspecified atom stereocenters. The van der Waals surface area contributed by atoms with Crippen molar-refractivity contribution in [1.82, 2.24) is 0 Å². The first-order chi connectivity index (χ1) is 9.02. The van der Waals surface area contributed by atoms with Crippen LogP contribution in [0.3, 0.4) is 0 Å². The van der Waals surface area contributed by atoms with E-state index in [-0.39, 0.29) is 5.56 Å². The molecule has 2 rings (SSSR count). The predicted octanol–water partition coefficient (Wildman–Crippen LogP) is 2.73. The summed E-state index contributed by atoms with van der Waals surface area (Å²) in [5.74, 6) is -1.36. The van der Waals surface area contributed by atoms with Crippen LogP contribution in [0.15, 0.2) is 12.1 Å². The number of nitrogens with two attached hydrogens (primary N) is 1. The molecule has 4 nitrogen and oxygen atoms in total. The van der Waals surface area contributed by atoms with E-state index in [1.807, 2.05) is 0 Å². The quantitative estimate of drug-likeness (QED) is 0.777. The lowest BCUT2D eigenvalue weighted by atomic mass is 10.1. The molecule has 1 aromatic carbocycles. The lowest BCUT2D eigenvalue weighted by Gasteiger charge is -2.26. The summed E-state index contributed by atoms with van der Waals surface area (Å²) in [7, 11) is 0. The van der Waals surface area contributed by atoms with Gasteiger partial charge in [-0.15, -0.1) is 0 Å². The zero-order valence-electron chi connectivity index (χ0n) is 11.0. The molecule has 1 aliphatic rings. The van der Waals surface area contributed by atoms with Gasteiger partial charge in [-0.25, -0.2) is 9.18 Å². The number of anilines is 2. The second-order valence-corrected chi connectivity index (χ2v) is 5.09. The number of nitrogen functional groups attached to an aromatic ring is 1. The highest BCUT2D eigenvalue weighted by Crippen LogP contribution is 2.34. The number of rotatable bonds is 6. The Bertz CT molecular complexity index is 487. The Morgan fingerprint density at radius 3 is 2.74 bits per heavy atom. The van der Waals surface area contributed by atoms with Crippen molar-refractivity contribution in [2.45, 2.75) is 26.2 Å². The minimum Gasteiger partial charge on any atom is -0.478 e. The van der Waals surface area contributed by atoms with Crippen molar-refractivity contribution in [2.75, 3.05) is 23.7 Å². The predicted molar refractivity (Wildman–Crippen MR) is 73.0 cm³/mol. The summed E-state index contributed by atoms with van der Waals surface area (Å²) >= 11 is 0. The van der Waals surface area contributed by atoms with Crippen LogP contribution >= 0.6 is 0 Å². The van der Waals surface area contributed by atoms with Gasteiger partial charge in [0.1, 0.15) is 5.82 Å². The molecule has 104 valence electrons. The third-order valence-electron chi connectivity index (χ3n) is 3.36. The molecule has 0 heterocycles. The molecule has 0 radical (unpaired) electrons. The third-order valence-corrected chi connectivity index (χ3v) is 3.36. The Labute approximate surface area is 112 Å². The maximum absolute atomic E-state index is 13.8. The molecule has 1 aliphatic carbocycles. The number of carboxylic acids is 1. The summed E-state index contributed by atoms with van der Waals surface area (Å²) in [6.07, 6.45) is 3.35. The van der Waals surface area contributed by atoms with Gasteiger partial charge in [-0.1, -0.05) is 6.92 Å². The van der Waals surface area contributed by atoms with Crippen LogP contribution in [0.5, 0.6) is 0 Å². The van der Waals surface area contributed by atoms with E-state index in [4.69, 9.17) is 10.8 Å². The Balaban J connectivity index is 2.30. The molecule has 0 bridgehead atoms. The summed E-state index contributed by atoms with van der Waals surface area (Å²) in [5, 5.41) is 8.87. The maximum Gasteiger partial charge on any atom is 0.338 e. The van der Waals surface area contributed by atoms with Gasteiger partial charge >= 0.3 is 5.97 Å². The van der Waals surface area contributed by atoms with Gasteiger partial charge in [-0.05, 0) is 31.2 Å². The molecule has 0 aliphatic heterocycles. The molecule has 1 saturated carbocycles. The fraction of sp³-hybridized carbons (Fsp3) is 0.500. The topological polar surface area (TPSA) is 66.6 Å². The Kier molecular flexibility index (Phi) is 3.93. The first-order valence-electron chi connectivity index (χ1n) is 6.60. The van der Waals surface area contributed by atoms with Gasteiger partial charge in [-0.2, -0.15) is 0 Å². The molecule has 0 atom stereocenters. The molecule has 3 N–H and O–H groups in total. The standard InChI is InChI=1S/C14H19FN2O2/c1-2-5-17(8-9-3-4-9)13-7-11(15)10(14(18)19)6-12(13)16/h6-7,9H,2-5,8,16H2,1H3,(H,18,19). The van der Waals surface area contributed by atoms with Crippen LogP contribution in [0.4, 0.5) is 15.8 Å². The monoisotopic (exact) mass is 266 g/mol. The van der Waals surface area contributed by atoms with E-state index >= 15 is 0 Å². The second kappa shape index (κ2) is 5.47. The van der Waals surface area contributed by atoms with Crippen molar-refractivity contribution in [3.05, 3.63) is 23.5 Å². The van der Waals surface area contributed by atoms with Gasteiger partial charge in [0, 0.05) is 19.2 Å². The fourth-order valence-electron chi connectivity index (χ4n) is 2.21. The minimum atomic E-state index is -1.29. The van der Waals surface area contributed by atoms with Crippen LogP contribution in [0.1, 0.15) is 36.5 Å². The van der Waals surface area contributed by atoms with E-state index in [1.165, 1.54) is 25.0 Å². The van der Waals surface area contributed by atoms with Crippen LogP contribution < -0.4 is 10.6 Å². The summed E-state index contributed by atoms with van der Waals surface area (Å²) in [4.78, 5) is 12.9. The molecule has 0 spiro atoms. The third kappa shape index (κ3) is 3.16. The van der Waals surface area contributed by atoms with Crippen molar-refractivity contribution >= 4 is 17.3 Å². The lowest BCUT2D eigenvalue weighted by molar-refractivity contribution is 0.0692. The molecular formula is C14H19FN2O2. The highest BCUT2D eigenvalue weighted by atomic mass is 19.1. The number of hydrogen-bond donors (Lipinski definition) is 2. The molecule has 1 fully saturated rings. The van der Waals surface area contributed by atoms with E-state index in [0.717, 1.165) is 19.5 Å². The van der Waals surface area contributed by atoms with E-state index < -0.39 is 11.8 Å². The molecule has 1 aromatic rings. The van der Waals surface area contributed by atoms with Crippen LogP contribution in [0.2, 0.25) is 0 Å². The van der Waals surface area contributed by atoms with Crippen molar-refractivity contribution < 1.29 is 14.3 Å². The van der Waals surface area contributed by atoms with E-state index in [0.29, 0.717) is 17.3 Å². The number of hydrogen-bond acceptors (Lipinski definition) is 3. The van der Waals surface area contributed by atoms with E-state index in [1.54, 1.807) is 0 Å². The fourth-order valence-corrected chi connectivity index (χ4v) is 2.21. The number of carbonyl (C=O) groups is 1. The lowest BCUT2D eigenvalue weighted by Crippen LogP contribution is -2.27. The van der Waals surface area contributed by atoms with Gasteiger partial charge in [0.05, 0.1) is 16.9 Å². The van der Waals surface area contributed by atoms with E-state index in [9.17, 15) is 9.18 Å². The summed E-state index contributed by atoms with van der Waals surface area (Å²) in [5.41, 5.74) is 6.45. The first kappa shape index (κ1) is 13.6. The highest BCUT2D eigenvalue weighted by Gasteiger charge is 2.26. The van der Waals surface area contributed by atoms with E-state index in [2.05, 4.69) is 11.8 Å². The van der Waals surface area contributed by atoms with Gasteiger partial charge in [-0.3, -0.25) is 0 Å². The number of carboxylic acid groups (broad SMARTS) is 1. The summed E-state index contributed by atoms with van der Waals surface area (Å²) in [6.45, 7) is 3.72. The SMILES string of the molecule is CCCN(CC1CC1)c1cc(F)c(C(=O)O)cc1N. The second-order valence-electron chi connectivity index (χ2n) is 5.09. The highest BCUT2D eigenvalue weighted by molar-refractivity contribution is 5.91. The smallest absolute Gasteiger partial charge is 0.338 e. The number of aromatic carboxylic acids is 1. The maximum atomic E-state index is 13.8. The van der Waals surface area contributed by atoms with Crippen molar-refractivity contribution in [3.8, 4) is 0 Å². The molecular weight excluding hydrogens is 247 g/mol. The van der Waals surface area contributed by atoms with Gasteiger partial charge in [0.15, 0.2) is 0 Å². The Hall–Kier alpha value is -1.78. The van der Waals surface area contributed by atoms with Crippen LogP contribution in [-0.4, -0.2) is 24.2 Å². The van der Waals surface area contributed by atoms with Crippen molar-refractivity contribution in [2.24, 2.45) is 5.92 Å². The molecule has 0 aromatic heterocycles. The zero-order valence-corrected chi connectivity index (χ0v) is 11.0. The average Bonchev–Trinajstić information content (AvgIpc) is 3.15. The summed E-state index contributed by atoms with van der Waals surface area (Å²) in [6, 6.07) is 2.46. The molecule has 5 heteroatoms. The van der Waals surface area contributed by atoms with Crippen LogP contribution in [-0.2, 0) is 0 Å². The number of nitrogens with zero attached hydrogens (tertiary/aromatic N) is 1. The molecule has 0 amide bonds. The Morgan fingerprint density at radius 2 is 2.21 bits per heavy atom. The first-order valence-corrected chi connectivity index (χ1v) is 6.60. The van der Waals surface area contributed by atoms with Crippen molar-refractivity contribution in [3.63, 3.8) is 0 Å². The van der Waals surface area contributed by atoms with Crippen LogP contribution in [0, 0.1) is 11.7 Å². The average molecular weight is 266 g/mol. The normalized spacial score (nSPS) is 14.4. The van der Waals surface area contributed by atoms with Gasteiger partial charge in [0.2, 0.25) is 0 Å². The van der Waals surface area contributed by atoms with Crippen molar-refractivity contribution in [1.29, 1.82) is 0 Å². The zero-order chi connectivity index (χ0) is 14.0. The number of benzene rings is 1. The minimum absolute atomic E-state index is 0.327. The summed E-state index contributed by atoms with van der Waals surface area (Å²) < 4.78 is 13.8. The number of halogens is 1. The molecule has 0 saturated heterocycles. The Morgan fingerprint density at radius 1 is 1.53 bits per heavy atom. The van der Waals surface area contributed by atoms with Crippen LogP contribution in [0.25, 0.3) is 0 Å². The molecule has 19 heavy (non-hydrogen) atoms. The largest absolute Gasteiger partial charge is 0.478 e. The van der Waals surface area contributed by atoms with Gasteiger partial charge < -0.3 is 15.7 Å².